The molecule has 1 aliphatic carbocycles. The van der Waals surface area contributed by atoms with E-state index in [4.69, 9.17) is 4.74 Å². The summed E-state index contributed by atoms with van der Waals surface area (Å²) in [6.07, 6.45) is 5.88. The molecule has 1 aromatic carbocycles. The smallest absolute Gasteiger partial charge is 0.224 e. The van der Waals surface area contributed by atoms with Gasteiger partial charge in [0.25, 0.3) is 0 Å². The Morgan fingerprint density at radius 3 is 2.60 bits per heavy atom. The Morgan fingerprint density at radius 2 is 1.88 bits per heavy atom. The molecule has 25 heavy (non-hydrogen) atoms. The highest BCUT2D eigenvalue weighted by Crippen LogP contribution is 2.50. The van der Waals surface area contributed by atoms with E-state index in [1.54, 1.807) is 7.11 Å². The molecule has 1 N–H and O–H groups in total. The summed E-state index contributed by atoms with van der Waals surface area (Å²) in [7, 11) is 1.66. The Balaban J connectivity index is 1.42. The number of methoxy groups -OCH3 is 1. The Bertz CT molecular complexity index is 609. The summed E-state index contributed by atoms with van der Waals surface area (Å²) >= 11 is 0. The van der Waals surface area contributed by atoms with Crippen molar-refractivity contribution < 1.29 is 14.3 Å². The zero-order valence-corrected chi connectivity index (χ0v) is 15.0. The van der Waals surface area contributed by atoms with E-state index in [1.165, 1.54) is 12.8 Å². The summed E-state index contributed by atoms with van der Waals surface area (Å²) in [6, 6.07) is 7.88. The number of carbonyl (C=O) groups excluding carboxylic acids is 2. The van der Waals surface area contributed by atoms with E-state index in [0.717, 1.165) is 43.7 Å². The van der Waals surface area contributed by atoms with Crippen LogP contribution in [-0.4, -0.2) is 43.5 Å². The first-order valence-electron chi connectivity index (χ1n) is 9.39. The number of hydrogen-bond acceptors (Lipinski definition) is 3. The lowest BCUT2D eigenvalue weighted by Gasteiger charge is -2.20. The highest BCUT2D eigenvalue weighted by molar-refractivity contribution is 5.84. The molecule has 136 valence electrons. The standard InChI is InChI=1S/C20H28N2O3/c1-25-18-9-5-4-8-15(18)16-14-17(16)20(24)21-11-10-19(23)22-12-6-2-3-7-13-22/h4-5,8-9,16-17H,2-3,6-7,10-14H2,1H3,(H,21,24)/t16-,17-/m0/s1. The molecule has 0 unspecified atom stereocenters. The highest BCUT2D eigenvalue weighted by atomic mass is 16.5. The fraction of sp³-hybridized carbons (Fsp3) is 0.600. The first-order chi connectivity index (χ1) is 12.2. The van der Waals surface area contributed by atoms with Gasteiger partial charge >= 0.3 is 0 Å². The lowest BCUT2D eigenvalue weighted by molar-refractivity contribution is -0.131. The van der Waals surface area contributed by atoms with Crippen molar-refractivity contribution in [3.05, 3.63) is 29.8 Å². The molecular weight excluding hydrogens is 316 g/mol. The number of para-hydroxylation sites is 1. The van der Waals surface area contributed by atoms with E-state index in [-0.39, 0.29) is 23.7 Å². The summed E-state index contributed by atoms with van der Waals surface area (Å²) in [6.45, 7) is 2.17. The molecule has 0 radical (unpaired) electrons. The predicted octanol–water partition coefficient (Wildman–Crippen LogP) is 2.71. The van der Waals surface area contributed by atoms with Crippen molar-refractivity contribution in [3.8, 4) is 5.75 Å². The topological polar surface area (TPSA) is 58.6 Å². The Labute approximate surface area is 149 Å². The average Bonchev–Trinajstić information content (AvgIpc) is 3.45. The third-order valence-electron chi connectivity index (χ3n) is 5.26. The molecule has 2 atom stereocenters. The maximum absolute atomic E-state index is 12.3. The molecule has 3 rings (SSSR count). The van der Waals surface area contributed by atoms with Gasteiger partial charge in [-0.2, -0.15) is 0 Å². The van der Waals surface area contributed by atoms with Crippen LogP contribution in [0.4, 0.5) is 0 Å². The van der Waals surface area contributed by atoms with Crippen molar-refractivity contribution in [3.63, 3.8) is 0 Å². The van der Waals surface area contributed by atoms with E-state index in [9.17, 15) is 9.59 Å². The second kappa shape index (κ2) is 8.37. The van der Waals surface area contributed by atoms with E-state index < -0.39 is 0 Å². The van der Waals surface area contributed by atoms with Gasteiger partial charge in [0.15, 0.2) is 0 Å². The van der Waals surface area contributed by atoms with Gasteiger partial charge in [-0.15, -0.1) is 0 Å². The van der Waals surface area contributed by atoms with Gasteiger partial charge in [-0.1, -0.05) is 31.0 Å². The monoisotopic (exact) mass is 344 g/mol. The molecule has 0 spiro atoms. The normalized spacial score (nSPS) is 22.8. The van der Waals surface area contributed by atoms with E-state index in [2.05, 4.69) is 5.32 Å². The second-order valence-electron chi connectivity index (χ2n) is 7.03. The van der Waals surface area contributed by atoms with Crippen molar-refractivity contribution in [1.29, 1.82) is 0 Å². The largest absolute Gasteiger partial charge is 0.496 e. The van der Waals surface area contributed by atoms with Gasteiger partial charge in [0.1, 0.15) is 5.75 Å². The van der Waals surface area contributed by atoms with Crippen LogP contribution in [0.5, 0.6) is 5.75 Å². The summed E-state index contributed by atoms with van der Waals surface area (Å²) in [5.74, 6) is 1.31. The fourth-order valence-electron chi connectivity index (χ4n) is 3.70. The van der Waals surface area contributed by atoms with Crippen molar-refractivity contribution in [2.24, 2.45) is 5.92 Å². The van der Waals surface area contributed by atoms with Crippen LogP contribution in [-0.2, 0) is 9.59 Å². The van der Waals surface area contributed by atoms with Crippen LogP contribution in [0.25, 0.3) is 0 Å². The van der Waals surface area contributed by atoms with Gasteiger partial charge in [0.2, 0.25) is 11.8 Å². The first-order valence-corrected chi connectivity index (χ1v) is 9.39. The van der Waals surface area contributed by atoms with Gasteiger partial charge < -0.3 is 15.0 Å². The maximum Gasteiger partial charge on any atom is 0.224 e. The molecule has 2 aliphatic rings. The van der Waals surface area contributed by atoms with Crippen molar-refractivity contribution >= 4 is 11.8 Å². The second-order valence-corrected chi connectivity index (χ2v) is 7.03. The zero-order valence-electron chi connectivity index (χ0n) is 15.0. The number of hydrogen-bond donors (Lipinski definition) is 1. The van der Waals surface area contributed by atoms with Crippen molar-refractivity contribution in [2.75, 3.05) is 26.7 Å². The van der Waals surface area contributed by atoms with Gasteiger partial charge in [-0.05, 0) is 36.8 Å². The minimum atomic E-state index is 0.00425. The Hall–Kier alpha value is -2.04. The third kappa shape index (κ3) is 4.53. The third-order valence-corrected chi connectivity index (χ3v) is 5.26. The molecule has 1 saturated heterocycles. The Morgan fingerprint density at radius 1 is 1.16 bits per heavy atom. The molecular formula is C20H28N2O3. The molecule has 1 aromatic rings. The van der Waals surface area contributed by atoms with Gasteiger partial charge in [0.05, 0.1) is 7.11 Å². The predicted molar refractivity (Wildman–Crippen MR) is 96.5 cm³/mol. The average molecular weight is 344 g/mol. The molecule has 2 amide bonds. The zero-order chi connectivity index (χ0) is 17.6. The number of amides is 2. The highest BCUT2D eigenvalue weighted by Gasteiger charge is 2.45. The van der Waals surface area contributed by atoms with Gasteiger partial charge in [-0.25, -0.2) is 0 Å². The minimum absolute atomic E-state index is 0.00425. The molecule has 1 saturated carbocycles. The maximum atomic E-state index is 12.3. The molecule has 0 bridgehead atoms. The van der Waals surface area contributed by atoms with Crippen molar-refractivity contribution in [2.45, 2.75) is 44.4 Å². The quantitative estimate of drug-likeness (QED) is 0.863. The number of nitrogens with one attached hydrogen (secondary N) is 1. The molecule has 2 fully saturated rings. The van der Waals surface area contributed by atoms with Crippen LogP contribution < -0.4 is 10.1 Å². The number of carbonyl (C=O) groups is 2. The summed E-state index contributed by atoms with van der Waals surface area (Å²) in [5.41, 5.74) is 1.10. The van der Waals surface area contributed by atoms with Crippen LogP contribution in [0.3, 0.4) is 0 Å². The van der Waals surface area contributed by atoms with Crippen LogP contribution in [0.15, 0.2) is 24.3 Å². The fourth-order valence-corrected chi connectivity index (χ4v) is 3.70. The molecule has 1 aliphatic heterocycles. The lowest BCUT2D eigenvalue weighted by Crippen LogP contribution is -2.35. The van der Waals surface area contributed by atoms with Crippen molar-refractivity contribution in [1.82, 2.24) is 10.2 Å². The summed E-state index contributed by atoms with van der Waals surface area (Å²) in [4.78, 5) is 26.5. The Kier molecular flexibility index (Phi) is 5.95. The lowest BCUT2D eigenvalue weighted by atomic mass is 10.1. The number of benzene rings is 1. The molecule has 5 heteroatoms. The first kappa shape index (κ1) is 17.8. The van der Waals surface area contributed by atoms with Gasteiger partial charge in [-0.3, -0.25) is 9.59 Å². The van der Waals surface area contributed by atoms with Crippen LogP contribution in [0.1, 0.15) is 50.0 Å². The number of nitrogens with zero attached hydrogens (tertiary/aromatic N) is 1. The van der Waals surface area contributed by atoms with E-state index in [0.29, 0.717) is 13.0 Å². The summed E-state index contributed by atoms with van der Waals surface area (Å²) < 4.78 is 5.38. The van der Waals surface area contributed by atoms with Crippen LogP contribution in [0.2, 0.25) is 0 Å². The number of ether oxygens (including phenoxy) is 1. The SMILES string of the molecule is COc1ccccc1[C@@H]1C[C@@H]1C(=O)NCCC(=O)N1CCCCCC1. The van der Waals surface area contributed by atoms with Gasteiger partial charge in [0, 0.05) is 32.0 Å². The van der Waals surface area contributed by atoms with E-state index >= 15 is 0 Å². The number of rotatable bonds is 6. The number of likely N-dealkylation sites (tertiary alicyclic amines) is 1. The molecule has 1 heterocycles. The summed E-state index contributed by atoms with van der Waals surface area (Å²) in [5, 5.41) is 2.94. The molecule has 5 nitrogen and oxygen atoms in total. The van der Waals surface area contributed by atoms with Crippen LogP contribution in [0, 0.1) is 5.92 Å². The van der Waals surface area contributed by atoms with Crippen LogP contribution >= 0.6 is 0 Å². The minimum Gasteiger partial charge on any atom is -0.496 e. The molecule has 0 aromatic heterocycles. The van der Waals surface area contributed by atoms with E-state index in [1.807, 2.05) is 29.2 Å².